The summed E-state index contributed by atoms with van der Waals surface area (Å²) in [6.45, 7) is 2.08. The van der Waals surface area contributed by atoms with Gasteiger partial charge in [0.2, 0.25) is 10.0 Å². The molecule has 3 atom stereocenters. The quantitative estimate of drug-likeness (QED) is 0.551. The molecular formula is C20H27F2N7O2S. The second kappa shape index (κ2) is 7.99. The first kappa shape index (κ1) is 21.7. The van der Waals surface area contributed by atoms with E-state index >= 15 is 0 Å². The Hall–Kier alpha value is -2.18. The summed E-state index contributed by atoms with van der Waals surface area (Å²) in [4.78, 5) is 8.97. The molecule has 2 N–H and O–H groups in total. The Morgan fingerprint density at radius 2 is 2.16 bits per heavy atom. The lowest BCUT2D eigenvalue weighted by Gasteiger charge is -2.17. The van der Waals surface area contributed by atoms with Crippen LogP contribution in [0.4, 0.5) is 8.78 Å². The highest BCUT2D eigenvalue weighted by Crippen LogP contribution is 2.41. The third-order valence-corrected chi connectivity index (χ3v) is 8.20. The van der Waals surface area contributed by atoms with Gasteiger partial charge < -0.3 is 4.98 Å². The topological polar surface area (TPSA) is 108 Å². The van der Waals surface area contributed by atoms with Crippen molar-refractivity contribution in [1.29, 1.82) is 0 Å². The summed E-state index contributed by atoms with van der Waals surface area (Å²) in [6.07, 6.45) is 5.50. The van der Waals surface area contributed by atoms with Crippen LogP contribution >= 0.6 is 0 Å². The van der Waals surface area contributed by atoms with Crippen LogP contribution in [0.5, 0.6) is 0 Å². The first-order chi connectivity index (χ1) is 15.2. The Kier molecular flexibility index (Phi) is 5.41. The van der Waals surface area contributed by atoms with Gasteiger partial charge in [0.05, 0.1) is 24.0 Å². The number of hydrogen-bond donors (Lipinski definition) is 2. The van der Waals surface area contributed by atoms with Crippen LogP contribution < -0.4 is 4.72 Å². The number of likely N-dealkylation sites (tertiary alicyclic amines) is 1. The van der Waals surface area contributed by atoms with E-state index in [2.05, 4.69) is 31.8 Å². The van der Waals surface area contributed by atoms with Crippen molar-refractivity contribution >= 4 is 26.8 Å². The minimum Gasteiger partial charge on any atom is -0.345 e. The minimum atomic E-state index is -3.58. The van der Waals surface area contributed by atoms with Gasteiger partial charge in [-0.15, -0.1) is 10.2 Å². The number of fused-ring (bicyclic) bond motifs is 3. The molecule has 0 bridgehead atoms. The van der Waals surface area contributed by atoms with Gasteiger partial charge in [-0.1, -0.05) is 13.3 Å². The fraction of sp³-hybridized carbons (Fsp3) is 0.650. The van der Waals surface area contributed by atoms with Crippen molar-refractivity contribution in [2.45, 2.75) is 50.5 Å². The molecule has 1 aliphatic heterocycles. The van der Waals surface area contributed by atoms with E-state index in [1.807, 2.05) is 16.7 Å². The number of rotatable bonds is 7. The molecule has 3 aromatic rings. The molecule has 0 radical (unpaired) electrons. The van der Waals surface area contributed by atoms with Crippen LogP contribution in [0.25, 0.3) is 16.8 Å². The molecule has 12 heteroatoms. The lowest BCUT2D eigenvalue weighted by molar-refractivity contribution is 0.0128. The van der Waals surface area contributed by atoms with Gasteiger partial charge in [0, 0.05) is 37.7 Å². The van der Waals surface area contributed by atoms with Gasteiger partial charge in [0.15, 0.2) is 11.3 Å². The standard InChI is InChI=1S/C20H27F2N7O2S/c1-2-13-9-14(27-32(30,31)8-7-28-6-4-20(21,22)12-28)10-15(13)19-26-25-17-11-24-18-16(29(17)19)3-5-23-18/h3,5,11,13-15,23,27H,2,4,6-10,12H2,1H3/t13-,14+,15+/m1/s1. The average Bonchev–Trinajstić information content (AvgIpc) is 3.50. The third-order valence-electron chi connectivity index (χ3n) is 6.79. The maximum Gasteiger partial charge on any atom is 0.261 e. The largest absolute Gasteiger partial charge is 0.345 e. The summed E-state index contributed by atoms with van der Waals surface area (Å²) in [5, 5.41) is 8.72. The number of alkyl halides is 2. The summed E-state index contributed by atoms with van der Waals surface area (Å²) in [7, 11) is -3.58. The molecular weight excluding hydrogens is 440 g/mol. The van der Waals surface area contributed by atoms with Crippen LogP contribution in [-0.4, -0.2) is 75.2 Å². The maximum atomic E-state index is 13.4. The highest BCUT2D eigenvalue weighted by atomic mass is 32.2. The highest BCUT2D eigenvalue weighted by Gasteiger charge is 2.40. The number of hydrogen-bond acceptors (Lipinski definition) is 6. The van der Waals surface area contributed by atoms with E-state index in [0.29, 0.717) is 18.5 Å². The normalized spacial score (nSPS) is 26.5. The Morgan fingerprint density at radius 3 is 2.91 bits per heavy atom. The van der Waals surface area contributed by atoms with Gasteiger partial charge >= 0.3 is 0 Å². The lowest BCUT2D eigenvalue weighted by atomic mass is 9.93. The van der Waals surface area contributed by atoms with Gasteiger partial charge in [0.1, 0.15) is 5.82 Å². The summed E-state index contributed by atoms with van der Waals surface area (Å²) in [6, 6.07) is 1.71. The van der Waals surface area contributed by atoms with Crippen LogP contribution in [0.15, 0.2) is 18.5 Å². The maximum absolute atomic E-state index is 13.4. The number of nitrogens with zero attached hydrogens (tertiary/aromatic N) is 5. The SMILES string of the molecule is CC[C@@H]1C[C@H](NS(=O)(=O)CCN2CCC(F)(F)C2)C[C@@H]1c1nnc2cnc3[nH]ccc3n12. The molecule has 32 heavy (non-hydrogen) atoms. The Morgan fingerprint density at radius 1 is 1.31 bits per heavy atom. The fourth-order valence-corrected chi connectivity index (χ4v) is 6.50. The molecule has 1 saturated heterocycles. The van der Waals surface area contributed by atoms with Crippen molar-refractivity contribution in [2.75, 3.05) is 25.4 Å². The Bertz CT molecular complexity index is 1230. The van der Waals surface area contributed by atoms with E-state index in [4.69, 9.17) is 0 Å². The zero-order chi connectivity index (χ0) is 22.5. The van der Waals surface area contributed by atoms with E-state index in [1.54, 1.807) is 6.20 Å². The minimum absolute atomic E-state index is 0.0560. The summed E-state index contributed by atoms with van der Waals surface area (Å²) in [5.41, 5.74) is 2.30. The Labute approximate surface area is 184 Å². The molecule has 0 spiro atoms. The lowest BCUT2D eigenvalue weighted by Crippen LogP contribution is -2.39. The van der Waals surface area contributed by atoms with Crippen molar-refractivity contribution in [3.05, 3.63) is 24.3 Å². The van der Waals surface area contributed by atoms with Crippen molar-refractivity contribution in [3.63, 3.8) is 0 Å². The van der Waals surface area contributed by atoms with E-state index < -0.39 is 15.9 Å². The number of H-pyrrole nitrogens is 1. The molecule has 3 aromatic heterocycles. The number of aromatic amines is 1. The van der Waals surface area contributed by atoms with Gasteiger partial charge in [-0.3, -0.25) is 9.30 Å². The van der Waals surface area contributed by atoms with Crippen molar-refractivity contribution < 1.29 is 17.2 Å². The zero-order valence-electron chi connectivity index (χ0n) is 17.8. The van der Waals surface area contributed by atoms with E-state index in [0.717, 1.165) is 23.4 Å². The number of halogens is 2. The third kappa shape index (κ3) is 4.11. The molecule has 4 heterocycles. The predicted octanol–water partition coefficient (Wildman–Crippen LogP) is 2.14. The molecule has 174 valence electrons. The van der Waals surface area contributed by atoms with Gasteiger partial charge in [-0.2, -0.15) is 0 Å². The summed E-state index contributed by atoms with van der Waals surface area (Å²) < 4.78 is 56.9. The second-order valence-electron chi connectivity index (χ2n) is 8.98. The molecule has 0 unspecified atom stereocenters. The van der Waals surface area contributed by atoms with Crippen molar-refractivity contribution in [2.24, 2.45) is 5.92 Å². The van der Waals surface area contributed by atoms with Crippen LogP contribution in [0.3, 0.4) is 0 Å². The van der Waals surface area contributed by atoms with Gasteiger partial charge in [-0.05, 0) is 24.8 Å². The van der Waals surface area contributed by atoms with E-state index in [1.165, 1.54) is 4.90 Å². The monoisotopic (exact) mass is 467 g/mol. The van der Waals surface area contributed by atoms with Crippen LogP contribution in [-0.2, 0) is 10.0 Å². The van der Waals surface area contributed by atoms with E-state index in [-0.39, 0.29) is 49.7 Å². The molecule has 2 aliphatic rings. The van der Waals surface area contributed by atoms with Gasteiger partial charge in [-0.25, -0.2) is 26.9 Å². The second-order valence-corrected chi connectivity index (χ2v) is 10.9. The zero-order valence-corrected chi connectivity index (χ0v) is 18.7. The number of nitrogens with one attached hydrogen (secondary N) is 2. The Balaban J connectivity index is 1.30. The highest BCUT2D eigenvalue weighted by molar-refractivity contribution is 7.89. The van der Waals surface area contributed by atoms with Crippen molar-refractivity contribution in [1.82, 2.24) is 34.2 Å². The molecule has 0 amide bonds. The molecule has 0 aromatic carbocycles. The number of aromatic nitrogens is 5. The molecule has 1 saturated carbocycles. The molecule has 5 rings (SSSR count). The van der Waals surface area contributed by atoms with Gasteiger partial charge in [0.25, 0.3) is 5.92 Å². The molecule has 1 aliphatic carbocycles. The van der Waals surface area contributed by atoms with E-state index in [9.17, 15) is 17.2 Å². The smallest absolute Gasteiger partial charge is 0.261 e. The first-order valence-electron chi connectivity index (χ1n) is 11.0. The summed E-state index contributed by atoms with van der Waals surface area (Å²) in [5.74, 6) is -1.76. The van der Waals surface area contributed by atoms with Crippen LogP contribution in [0.2, 0.25) is 0 Å². The first-order valence-corrected chi connectivity index (χ1v) is 12.7. The fourth-order valence-electron chi connectivity index (χ4n) is 5.19. The number of sulfonamides is 1. The average molecular weight is 468 g/mol. The molecule has 9 nitrogen and oxygen atoms in total. The van der Waals surface area contributed by atoms with Crippen LogP contribution in [0.1, 0.15) is 44.3 Å². The molecule has 2 fully saturated rings. The van der Waals surface area contributed by atoms with Crippen LogP contribution in [0, 0.1) is 5.92 Å². The predicted molar refractivity (Wildman–Crippen MR) is 115 cm³/mol. The van der Waals surface area contributed by atoms with Crippen molar-refractivity contribution in [3.8, 4) is 0 Å². The summed E-state index contributed by atoms with van der Waals surface area (Å²) >= 11 is 0.